The summed E-state index contributed by atoms with van der Waals surface area (Å²) in [7, 11) is 1.32. The molecule has 0 spiro atoms. The van der Waals surface area contributed by atoms with Crippen LogP contribution in [0, 0.1) is 0 Å². The Bertz CT molecular complexity index is 507. The molecule has 0 amide bonds. The summed E-state index contributed by atoms with van der Waals surface area (Å²) >= 11 is 3.16. The van der Waals surface area contributed by atoms with E-state index in [1.165, 1.54) is 25.4 Å². The van der Waals surface area contributed by atoms with E-state index in [0.29, 0.717) is 10.4 Å². The number of nitrogen functional groups attached to an aromatic ring is 1. The fraction of sp³-hybridized carbons (Fsp3) is 0.500. The molecule has 1 aromatic rings. The topological polar surface area (TPSA) is 72.6 Å². The van der Waals surface area contributed by atoms with Crippen LogP contribution >= 0.6 is 23.1 Å². The van der Waals surface area contributed by atoms with Gasteiger partial charge in [0.2, 0.25) is 0 Å². The van der Waals surface area contributed by atoms with E-state index in [2.05, 4.69) is 4.90 Å². The summed E-state index contributed by atoms with van der Waals surface area (Å²) in [5.41, 5.74) is 6.53. The first-order chi connectivity index (χ1) is 9.06. The monoisotopic (exact) mass is 300 g/mol. The Morgan fingerprint density at radius 3 is 2.47 bits per heavy atom. The lowest BCUT2D eigenvalue weighted by atomic mass is 10.2. The first-order valence-electron chi connectivity index (χ1n) is 5.90. The number of ketones is 1. The van der Waals surface area contributed by atoms with Crippen molar-refractivity contribution in [1.29, 1.82) is 0 Å². The van der Waals surface area contributed by atoms with E-state index in [1.807, 2.05) is 11.8 Å². The standard InChI is InChI=1S/C12H16N2O3S2/c1-7(15)10-9(13)8(12(16)17-2)11(19-10)14-3-5-18-6-4-14/h3-6,13H2,1-2H3. The van der Waals surface area contributed by atoms with Gasteiger partial charge < -0.3 is 15.4 Å². The second-order valence-corrected chi connectivity index (χ2v) is 6.40. The predicted octanol–water partition coefficient (Wildman–Crippen LogP) is 1.87. The molecule has 2 N–H and O–H groups in total. The number of thioether (sulfide) groups is 1. The third-order valence-electron chi connectivity index (χ3n) is 2.93. The summed E-state index contributed by atoms with van der Waals surface area (Å²) in [5.74, 6) is 1.42. The molecule has 0 aliphatic carbocycles. The molecule has 1 fully saturated rings. The molecule has 0 atom stereocenters. The van der Waals surface area contributed by atoms with Crippen LogP contribution < -0.4 is 10.6 Å². The van der Waals surface area contributed by atoms with Gasteiger partial charge in [-0.3, -0.25) is 4.79 Å². The minimum absolute atomic E-state index is 0.120. The number of hydrogen-bond donors (Lipinski definition) is 1. The van der Waals surface area contributed by atoms with E-state index in [9.17, 15) is 9.59 Å². The molecular formula is C12H16N2O3S2. The van der Waals surface area contributed by atoms with Gasteiger partial charge in [-0.1, -0.05) is 0 Å². The maximum atomic E-state index is 11.9. The van der Waals surface area contributed by atoms with E-state index in [4.69, 9.17) is 10.5 Å². The van der Waals surface area contributed by atoms with Gasteiger partial charge in [-0.2, -0.15) is 11.8 Å². The van der Waals surface area contributed by atoms with Crippen molar-refractivity contribution in [3.05, 3.63) is 10.4 Å². The number of anilines is 2. The Kier molecular flexibility index (Phi) is 4.36. The van der Waals surface area contributed by atoms with Crippen molar-refractivity contribution in [3.8, 4) is 0 Å². The fourth-order valence-electron chi connectivity index (χ4n) is 1.98. The highest BCUT2D eigenvalue weighted by molar-refractivity contribution is 7.99. The van der Waals surface area contributed by atoms with Crippen molar-refractivity contribution in [2.24, 2.45) is 0 Å². The number of Topliss-reactive ketones (excluding diaryl/α,β-unsaturated/α-hetero) is 1. The molecule has 2 heterocycles. The quantitative estimate of drug-likeness (QED) is 0.678. The molecule has 104 valence electrons. The zero-order valence-corrected chi connectivity index (χ0v) is 12.5. The molecule has 2 rings (SSSR count). The smallest absolute Gasteiger partial charge is 0.343 e. The predicted molar refractivity (Wildman–Crippen MR) is 79.6 cm³/mol. The Labute approximate surface area is 120 Å². The van der Waals surface area contributed by atoms with Gasteiger partial charge in [0.25, 0.3) is 0 Å². The molecular weight excluding hydrogens is 284 g/mol. The molecule has 0 radical (unpaired) electrons. The van der Waals surface area contributed by atoms with Gasteiger partial charge >= 0.3 is 5.97 Å². The van der Waals surface area contributed by atoms with E-state index in [0.717, 1.165) is 29.6 Å². The summed E-state index contributed by atoms with van der Waals surface area (Å²) in [4.78, 5) is 26.0. The van der Waals surface area contributed by atoms with Gasteiger partial charge in [-0.15, -0.1) is 11.3 Å². The number of carbonyl (C=O) groups is 2. The lowest BCUT2D eigenvalue weighted by Gasteiger charge is -2.27. The summed E-state index contributed by atoms with van der Waals surface area (Å²) in [6.07, 6.45) is 0. The van der Waals surface area contributed by atoms with Crippen molar-refractivity contribution in [2.75, 3.05) is 42.3 Å². The molecule has 0 aromatic carbocycles. The highest BCUT2D eigenvalue weighted by atomic mass is 32.2. The van der Waals surface area contributed by atoms with Crippen molar-refractivity contribution >= 4 is 45.5 Å². The van der Waals surface area contributed by atoms with Gasteiger partial charge in [0.05, 0.1) is 17.7 Å². The van der Waals surface area contributed by atoms with Gasteiger partial charge in [0.1, 0.15) is 10.6 Å². The summed E-state index contributed by atoms with van der Waals surface area (Å²) < 4.78 is 4.79. The SMILES string of the molecule is COC(=O)c1c(N2CCSCC2)sc(C(C)=O)c1N. The number of nitrogens with zero attached hydrogens (tertiary/aromatic N) is 1. The van der Waals surface area contributed by atoms with Crippen LogP contribution in [0.4, 0.5) is 10.7 Å². The molecule has 1 aromatic heterocycles. The number of carbonyl (C=O) groups excluding carboxylic acids is 2. The molecule has 0 bridgehead atoms. The number of ether oxygens (including phenoxy) is 1. The van der Waals surface area contributed by atoms with Gasteiger partial charge in [0.15, 0.2) is 5.78 Å². The minimum atomic E-state index is -0.477. The van der Waals surface area contributed by atoms with Crippen molar-refractivity contribution in [1.82, 2.24) is 0 Å². The minimum Gasteiger partial charge on any atom is -0.465 e. The Morgan fingerprint density at radius 2 is 1.95 bits per heavy atom. The second-order valence-electron chi connectivity index (χ2n) is 4.17. The third kappa shape index (κ3) is 2.71. The molecule has 1 aliphatic heterocycles. The van der Waals surface area contributed by atoms with Crippen LogP contribution in [-0.2, 0) is 4.74 Å². The van der Waals surface area contributed by atoms with Crippen LogP contribution in [0.3, 0.4) is 0 Å². The number of esters is 1. The average molecular weight is 300 g/mol. The number of thiophene rings is 1. The molecule has 0 saturated carbocycles. The molecule has 1 saturated heterocycles. The van der Waals surface area contributed by atoms with E-state index in [-0.39, 0.29) is 11.5 Å². The first kappa shape index (κ1) is 14.2. The van der Waals surface area contributed by atoms with Gasteiger partial charge in [-0.25, -0.2) is 4.79 Å². The Morgan fingerprint density at radius 1 is 1.32 bits per heavy atom. The van der Waals surface area contributed by atoms with Crippen LogP contribution in [-0.4, -0.2) is 43.5 Å². The normalized spacial score (nSPS) is 15.4. The molecule has 1 aliphatic rings. The van der Waals surface area contributed by atoms with Crippen LogP contribution in [0.5, 0.6) is 0 Å². The van der Waals surface area contributed by atoms with Crippen LogP contribution in [0.2, 0.25) is 0 Å². The summed E-state index contributed by atoms with van der Waals surface area (Å²) in [5, 5.41) is 0.759. The third-order valence-corrected chi connectivity index (χ3v) is 5.24. The van der Waals surface area contributed by atoms with Crippen molar-refractivity contribution < 1.29 is 14.3 Å². The molecule has 5 nitrogen and oxygen atoms in total. The molecule has 0 unspecified atom stereocenters. The number of hydrogen-bond acceptors (Lipinski definition) is 7. The largest absolute Gasteiger partial charge is 0.465 e. The lowest BCUT2D eigenvalue weighted by Crippen LogP contribution is -2.32. The number of methoxy groups -OCH3 is 1. The fourth-order valence-corrected chi connectivity index (χ4v) is 4.04. The van der Waals surface area contributed by atoms with Crippen LogP contribution in [0.1, 0.15) is 27.0 Å². The second kappa shape index (κ2) is 5.83. The zero-order valence-electron chi connectivity index (χ0n) is 10.9. The van der Waals surface area contributed by atoms with Gasteiger partial charge in [0, 0.05) is 31.5 Å². The Hall–Kier alpha value is -1.21. The van der Waals surface area contributed by atoms with Crippen molar-refractivity contribution in [3.63, 3.8) is 0 Å². The number of nitrogens with two attached hydrogens (primary N) is 1. The Balaban J connectivity index is 2.48. The highest BCUT2D eigenvalue weighted by Gasteiger charge is 2.28. The summed E-state index contributed by atoms with van der Waals surface area (Å²) in [6.45, 7) is 3.16. The molecule has 7 heteroatoms. The van der Waals surface area contributed by atoms with Gasteiger partial charge in [-0.05, 0) is 0 Å². The zero-order chi connectivity index (χ0) is 14.0. The van der Waals surface area contributed by atoms with Crippen LogP contribution in [0.15, 0.2) is 0 Å². The van der Waals surface area contributed by atoms with Crippen molar-refractivity contribution in [2.45, 2.75) is 6.92 Å². The van der Waals surface area contributed by atoms with Crippen LogP contribution in [0.25, 0.3) is 0 Å². The van der Waals surface area contributed by atoms with E-state index >= 15 is 0 Å². The average Bonchev–Trinajstić information content (AvgIpc) is 2.77. The highest BCUT2D eigenvalue weighted by Crippen LogP contribution is 2.39. The first-order valence-corrected chi connectivity index (χ1v) is 7.87. The lowest BCUT2D eigenvalue weighted by molar-refractivity contribution is 0.0603. The molecule has 19 heavy (non-hydrogen) atoms. The van der Waals surface area contributed by atoms with E-state index in [1.54, 1.807) is 0 Å². The maximum Gasteiger partial charge on any atom is 0.343 e. The number of rotatable bonds is 3. The van der Waals surface area contributed by atoms with E-state index < -0.39 is 5.97 Å². The summed E-state index contributed by atoms with van der Waals surface area (Å²) in [6, 6.07) is 0. The maximum absolute atomic E-state index is 11.9.